The van der Waals surface area contributed by atoms with Gasteiger partial charge in [-0.3, -0.25) is 4.79 Å². The number of hydrogen-bond acceptors (Lipinski definition) is 1. The minimum atomic E-state index is 0.0439. The summed E-state index contributed by atoms with van der Waals surface area (Å²) in [6.07, 6.45) is 1.39. The third-order valence-corrected chi connectivity index (χ3v) is 1.66. The molecule has 0 N–H and O–H groups in total. The van der Waals surface area contributed by atoms with Gasteiger partial charge in [-0.15, -0.1) is 0 Å². The average molecular weight is 183 g/mol. The van der Waals surface area contributed by atoms with Crippen molar-refractivity contribution < 1.29 is 4.79 Å². The van der Waals surface area contributed by atoms with Gasteiger partial charge in [-0.25, -0.2) is 0 Å². The molecule has 0 aliphatic rings. The van der Waals surface area contributed by atoms with Gasteiger partial charge in [-0.05, 0) is 17.9 Å². The predicted octanol–water partition coefficient (Wildman–Crippen LogP) is 2.31. The Morgan fingerprint density at radius 3 is 1.85 bits per heavy atom. The van der Waals surface area contributed by atoms with E-state index in [1.807, 2.05) is 4.90 Å². The lowest BCUT2D eigenvalue weighted by molar-refractivity contribution is -0.127. The van der Waals surface area contributed by atoms with Crippen LogP contribution in [0.15, 0.2) is 12.7 Å². The van der Waals surface area contributed by atoms with Gasteiger partial charge in [-0.2, -0.15) is 0 Å². The largest absolute Gasteiger partial charge is 0.339 e. The van der Waals surface area contributed by atoms with Gasteiger partial charge < -0.3 is 4.90 Å². The van der Waals surface area contributed by atoms with Crippen LogP contribution in [-0.2, 0) is 4.79 Å². The second-order valence-corrected chi connectivity index (χ2v) is 4.24. The molecule has 76 valence electrons. The molecule has 0 unspecified atom stereocenters. The summed E-state index contributed by atoms with van der Waals surface area (Å²) in [5.41, 5.74) is 0. The van der Waals surface area contributed by atoms with Crippen molar-refractivity contribution in [1.82, 2.24) is 4.90 Å². The number of carbonyl (C=O) groups excluding carboxylic acids is 1. The van der Waals surface area contributed by atoms with E-state index in [4.69, 9.17) is 0 Å². The van der Waals surface area contributed by atoms with Crippen LogP contribution in [0.2, 0.25) is 0 Å². The first-order valence-corrected chi connectivity index (χ1v) is 4.88. The summed E-state index contributed by atoms with van der Waals surface area (Å²) >= 11 is 0. The molecule has 0 aromatic heterocycles. The molecule has 0 heterocycles. The molecule has 1 amide bonds. The fourth-order valence-electron chi connectivity index (χ4n) is 1.27. The molecule has 0 saturated carbocycles. The zero-order valence-electron chi connectivity index (χ0n) is 9.21. The highest BCUT2D eigenvalue weighted by Crippen LogP contribution is 2.04. The van der Waals surface area contributed by atoms with Gasteiger partial charge in [0, 0.05) is 13.1 Å². The van der Waals surface area contributed by atoms with Crippen LogP contribution in [0.25, 0.3) is 0 Å². The summed E-state index contributed by atoms with van der Waals surface area (Å²) in [5.74, 6) is 1.08. The van der Waals surface area contributed by atoms with E-state index in [1.165, 1.54) is 6.08 Å². The fraction of sp³-hybridized carbons (Fsp3) is 0.727. The van der Waals surface area contributed by atoms with E-state index in [0.717, 1.165) is 13.1 Å². The number of amides is 1. The molecule has 2 heteroatoms. The average Bonchev–Trinajstić information content (AvgIpc) is 2.00. The smallest absolute Gasteiger partial charge is 0.245 e. The van der Waals surface area contributed by atoms with Gasteiger partial charge >= 0.3 is 0 Å². The Kier molecular flexibility index (Phi) is 5.44. The maximum Gasteiger partial charge on any atom is 0.245 e. The van der Waals surface area contributed by atoms with Gasteiger partial charge in [0.25, 0.3) is 0 Å². The summed E-state index contributed by atoms with van der Waals surface area (Å²) in [4.78, 5) is 13.3. The Labute approximate surface area is 81.6 Å². The van der Waals surface area contributed by atoms with E-state index >= 15 is 0 Å². The molecule has 0 fully saturated rings. The summed E-state index contributed by atoms with van der Waals surface area (Å²) < 4.78 is 0. The standard InChI is InChI=1S/C11H21NO/c1-6-11(13)12(7-9(2)3)8-10(4)5/h6,9-10H,1,7-8H2,2-5H3. The lowest BCUT2D eigenvalue weighted by Crippen LogP contribution is -2.35. The quantitative estimate of drug-likeness (QED) is 0.599. The SMILES string of the molecule is C=CC(=O)N(CC(C)C)CC(C)C. The van der Waals surface area contributed by atoms with E-state index in [9.17, 15) is 4.79 Å². The highest BCUT2D eigenvalue weighted by Gasteiger charge is 2.12. The van der Waals surface area contributed by atoms with E-state index in [-0.39, 0.29) is 5.91 Å². The minimum absolute atomic E-state index is 0.0439. The van der Waals surface area contributed by atoms with E-state index in [2.05, 4.69) is 34.3 Å². The molecule has 13 heavy (non-hydrogen) atoms. The molecule has 0 aromatic carbocycles. The van der Waals surface area contributed by atoms with Crippen molar-refractivity contribution in [2.45, 2.75) is 27.7 Å². The summed E-state index contributed by atoms with van der Waals surface area (Å²) in [6.45, 7) is 13.6. The Balaban J connectivity index is 4.18. The normalized spacial score (nSPS) is 10.6. The minimum Gasteiger partial charge on any atom is -0.339 e. The first kappa shape index (κ1) is 12.2. The monoisotopic (exact) mass is 183 g/mol. The van der Waals surface area contributed by atoms with Crippen LogP contribution in [0.4, 0.5) is 0 Å². The summed E-state index contributed by atoms with van der Waals surface area (Å²) in [5, 5.41) is 0. The molecule has 0 radical (unpaired) electrons. The van der Waals surface area contributed by atoms with E-state index in [0.29, 0.717) is 11.8 Å². The zero-order chi connectivity index (χ0) is 10.4. The van der Waals surface area contributed by atoms with Gasteiger partial charge in [0.05, 0.1) is 0 Å². The second-order valence-electron chi connectivity index (χ2n) is 4.24. The number of rotatable bonds is 5. The summed E-state index contributed by atoms with van der Waals surface area (Å²) in [7, 11) is 0. The van der Waals surface area contributed by atoms with Crippen LogP contribution in [0.1, 0.15) is 27.7 Å². The van der Waals surface area contributed by atoms with Crippen LogP contribution >= 0.6 is 0 Å². The molecule has 0 aliphatic carbocycles. The summed E-state index contributed by atoms with van der Waals surface area (Å²) in [6, 6.07) is 0. The molecule has 0 rings (SSSR count). The topological polar surface area (TPSA) is 20.3 Å². The zero-order valence-corrected chi connectivity index (χ0v) is 9.21. The van der Waals surface area contributed by atoms with Crippen molar-refractivity contribution in [2.75, 3.05) is 13.1 Å². The van der Waals surface area contributed by atoms with E-state index in [1.54, 1.807) is 0 Å². The number of nitrogens with zero attached hydrogens (tertiary/aromatic N) is 1. The van der Waals surface area contributed by atoms with Crippen LogP contribution < -0.4 is 0 Å². The van der Waals surface area contributed by atoms with Gasteiger partial charge in [0.2, 0.25) is 5.91 Å². The molecule has 0 atom stereocenters. The van der Waals surface area contributed by atoms with Gasteiger partial charge in [0.1, 0.15) is 0 Å². The Morgan fingerprint density at radius 2 is 1.62 bits per heavy atom. The molecule has 0 saturated heterocycles. The van der Waals surface area contributed by atoms with Crippen LogP contribution in [0.3, 0.4) is 0 Å². The van der Waals surface area contributed by atoms with Crippen molar-refractivity contribution in [1.29, 1.82) is 0 Å². The lowest BCUT2D eigenvalue weighted by Gasteiger charge is -2.24. The second kappa shape index (κ2) is 5.79. The van der Waals surface area contributed by atoms with Crippen molar-refractivity contribution in [3.8, 4) is 0 Å². The van der Waals surface area contributed by atoms with Crippen molar-refractivity contribution >= 4 is 5.91 Å². The fourth-order valence-corrected chi connectivity index (χ4v) is 1.27. The number of carbonyl (C=O) groups is 1. The highest BCUT2D eigenvalue weighted by atomic mass is 16.2. The Morgan fingerprint density at radius 1 is 1.23 bits per heavy atom. The Bertz CT molecular complexity index is 163. The predicted molar refractivity (Wildman–Crippen MR) is 56.5 cm³/mol. The van der Waals surface area contributed by atoms with Crippen molar-refractivity contribution in [2.24, 2.45) is 11.8 Å². The number of hydrogen-bond donors (Lipinski definition) is 0. The molecular weight excluding hydrogens is 162 g/mol. The highest BCUT2D eigenvalue weighted by molar-refractivity contribution is 5.86. The maximum absolute atomic E-state index is 11.4. The first-order chi connectivity index (χ1) is 5.97. The van der Waals surface area contributed by atoms with Crippen LogP contribution in [-0.4, -0.2) is 23.9 Å². The van der Waals surface area contributed by atoms with E-state index < -0.39 is 0 Å². The van der Waals surface area contributed by atoms with Gasteiger partial charge in [0.15, 0.2) is 0 Å². The maximum atomic E-state index is 11.4. The molecule has 0 spiro atoms. The molecule has 0 bridgehead atoms. The lowest BCUT2D eigenvalue weighted by atomic mass is 10.1. The third kappa shape index (κ3) is 5.45. The molecule has 2 nitrogen and oxygen atoms in total. The third-order valence-electron chi connectivity index (χ3n) is 1.66. The Hall–Kier alpha value is -0.790. The van der Waals surface area contributed by atoms with Crippen LogP contribution in [0, 0.1) is 11.8 Å². The van der Waals surface area contributed by atoms with Crippen LogP contribution in [0.5, 0.6) is 0 Å². The first-order valence-electron chi connectivity index (χ1n) is 4.88. The van der Waals surface area contributed by atoms with Crippen molar-refractivity contribution in [3.63, 3.8) is 0 Å². The van der Waals surface area contributed by atoms with Gasteiger partial charge in [-0.1, -0.05) is 34.3 Å². The van der Waals surface area contributed by atoms with Crippen molar-refractivity contribution in [3.05, 3.63) is 12.7 Å². The molecular formula is C11H21NO. The molecule has 0 aliphatic heterocycles. The molecule has 0 aromatic rings.